The normalized spacial score (nSPS) is 35.7. The maximum atomic E-state index is 15.3. The Morgan fingerprint density at radius 2 is 1.29 bits per heavy atom. The minimum atomic E-state index is -2.92. The Morgan fingerprint density at radius 3 is 1.92 bits per heavy atom. The van der Waals surface area contributed by atoms with E-state index in [0.29, 0.717) is 65.0 Å². The van der Waals surface area contributed by atoms with Crippen LogP contribution in [0.3, 0.4) is 0 Å². The van der Waals surface area contributed by atoms with Gasteiger partial charge in [-0.15, -0.1) is 0 Å². The van der Waals surface area contributed by atoms with Crippen molar-refractivity contribution in [3.63, 3.8) is 0 Å². The molecule has 0 amide bonds. The standard InChI is InChI=1S/C71H108O11Si3/c1-16-84(17-2,18-3)82-67(13)39-37-57(50-73-48-54-29-22-19-23-30-54)77-71(67)42-41-69(81-71)38-28-31-56(76-69)46-70-45-52(5)61(80-83(14,15)65(7,8)9)63(79-70)62(78-70)60-43-55(36-40-68(60)44-51(4)53(6)47-74-64(68)72)49-75-85(66(10,11)12,58-32-24-20-25-33-58)59-34-26-21-27-35-59/h19-27,29-30,32-35,43,51-53,56-57,60-63H,16-18,28,31,36-42,44-50H2,1-15H3/t51-,52+,53-,56+,57-,60+,61+,62-,63+,67+,68+,69+,70+,71+/m0/s1. The molecule has 1 aliphatic carbocycles. The Balaban J connectivity index is 0.988. The first-order chi connectivity index (χ1) is 40.2. The topological polar surface area (TPSA) is 109 Å². The molecule has 6 aliphatic heterocycles. The van der Waals surface area contributed by atoms with E-state index in [1.807, 2.05) is 6.07 Å². The van der Waals surface area contributed by atoms with Crippen molar-refractivity contribution in [1.82, 2.24) is 0 Å². The number of hydrogen-bond acceptors (Lipinski definition) is 11. The van der Waals surface area contributed by atoms with Crippen LogP contribution in [0.1, 0.15) is 173 Å². The van der Waals surface area contributed by atoms with Gasteiger partial charge in [0.2, 0.25) is 0 Å². The van der Waals surface area contributed by atoms with E-state index >= 15 is 4.79 Å². The third kappa shape index (κ3) is 12.7. The van der Waals surface area contributed by atoms with Gasteiger partial charge >= 0.3 is 5.97 Å². The van der Waals surface area contributed by atoms with Crippen LogP contribution < -0.4 is 10.4 Å². The number of cyclic esters (lactones) is 1. The van der Waals surface area contributed by atoms with Crippen molar-refractivity contribution in [3.05, 3.63) is 108 Å². The number of esters is 1. The molecule has 0 radical (unpaired) electrons. The second-order valence-corrected chi connectivity index (χ2v) is 44.0. The van der Waals surface area contributed by atoms with E-state index in [9.17, 15) is 0 Å². The van der Waals surface area contributed by atoms with E-state index in [-0.39, 0.29) is 58.0 Å². The molecule has 6 saturated heterocycles. The molecule has 14 atom stereocenters. The molecule has 2 bridgehead atoms. The van der Waals surface area contributed by atoms with Crippen molar-refractivity contribution in [2.75, 3.05) is 19.8 Å². The monoisotopic (exact) mass is 1220 g/mol. The van der Waals surface area contributed by atoms with Gasteiger partial charge in [0.25, 0.3) is 8.32 Å². The number of rotatable bonds is 19. The molecule has 470 valence electrons. The van der Waals surface area contributed by atoms with Crippen molar-refractivity contribution in [2.45, 2.75) is 268 Å². The lowest BCUT2D eigenvalue weighted by molar-refractivity contribution is -0.402. The molecule has 85 heavy (non-hydrogen) atoms. The minimum absolute atomic E-state index is 0.0428. The molecule has 6 fully saturated rings. The second kappa shape index (κ2) is 25.1. The lowest BCUT2D eigenvalue weighted by atomic mass is 9.60. The molecule has 6 heterocycles. The van der Waals surface area contributed by atoms with E-state index in [1.54, 1.807) is 0 Å². The van der Waals surface area contributed by atoms with Gasteiger partial charge in [-0.25, -0.2) is 0 Å². The van der Waals surface area contributed by atoms with Crippen molar-refractivity contribution < 1.29 is 51.2 Å². The van der Waals surface area contributed by atoms with Gasteiger partial charge in [0, 0.05) is 38.0 Å². The molecule has 0 saturated carbocycles. The van der Waals surface area contributed by atoms with Gasteiger partial charge < -0.3 is 46.4 Å². The number of hydrogen-bond donors (Lipinski definition) is 0. The fourth-order valence-corrected chi connectivity index (χ4v) is 25.2. The highest BCUT2D eigenvalue weighted by Gasteiger charge is 2.68. The predicted molar refractivity (Wildman–Crippen MR) is 345 cm³/mol. The zero-order chi connectivity index (χ0) is 60.9. The summed E-state index contributed by atoms with van der Waals surface area (Å²) in [6.45, 7) is 36.6. The molecular formula is C71H108O11Si3. The summed E-state index contributed by atoms with van der Waals surface area (Å²) in [6.07, 6.45) is 9.64. The molecule has 7 aliphatic rings. The lowest BCUT2D eigenvalue weighted by Gasteiger charge is -2.55. The summed E-state index contributed by atoms with van der Waals surface area (Å²) < 4.78 is 74.0. The highest BCUT2D eigenvalue weighted by molar-refractivity contribution is 6.99. The molecule has 10 rings (SSSR count). The SMILES string of the molecule is CC[Si](CC)(CC)O[C@]1(C)CC[C@@H](COCc2ccccc2)O[C@@]12CC[C@@]1(CCC[C@H](C[C@@]34C[C@@H](C)[C@@H](O[Si](C)(C)C(C)(C)C)[C@@H](O3)[C@H]([C@H]3C=C(CO[Si](c5ccccc5)(c5ccccc5)C(C)(C)C)CC[C@@]35C[C@H](C)[C@@H](C)COC5=O)O4)O1)O2. The van der Waals surface area contributed by atoms with E-state index in [0.717, 1.165) is 62.2 Å². The summed E-state index contributed by atoms with van der Waals surface area (Å²) in [4.78, 5) is 15.3. The van der Waals surface area contributed by atoms with E-state index in [4.69, 9.17) is 46.4 Å². The van der Waals surface area contributed by atoms with Crippen LogP contribution in [0.2, 0.25) is 41.3 Å². The summed E-state index contributed by atoms with van der Waals surface area (Å²) in [5.74, 6) is -2.79. The Hall–Kier alpha value is -2.84. The van der Waals surface area contributed by atoms with E-state index in [1.165, 1.54) is 15.9 Å². The van der Waals surface area contributed by atoms with Crippen molar-refractivity contribution in [1.29, 1.82) is 0 Å². The lowest BCUT2D eigenvalue weighted by Crippen LogP contribution is -2.66. The number of fused-ring (bicyclic) bond motifs is 2. The molecule has 0 unspecified atom stereocenters. The van der Waals surface area contributed by atoms with Gasteiger partial charge in [-0.1, -0.05) is 180 Å². The van der Waals surface area contributed by atoms with Crippen LogP contribution in [-0.2, 0) is 57.8 Å². The number of carbonyl (C=O) groups is 1. The van der Waals surface area contributed by atoms with Gasteiger partial charge in [-0.2, -0.15) is 0 Å². The van der Waals surface area contributed by atoms with Crippen LogP contribution in [0, 0.1) is 29.1 Å². The minimum Gasteiger partial charge on any atom is -0.465 e. The first-order valence-electron chi connectivity index (χ1n) is 33.3. The fraction of sp³-hybridized carbons (Fsp3) is 0.704. The van der Waals surface area contributed by atoms with E-state index < -0.39 is 65.5 Å². The summed E-state index contributed by atoms with van der Waals surface area (Å²) in [5.41, 5.74) is 0.845. The average Bonchev–Trinajstić information content (AvgIpc) is 1.74. The zero-order valence-electron chi connectivity index (χ0n) is 54.9. The highest BCUT2D eigenvalue weighted by atomic mass is 28.4. The Labute approximate surface area is 515 Å². The molecule has 3 spiro atoms. The van der Waals surface area contributed by atoms with Crippen molar-refractivity contribution >= 4 is 41.3 Å². The largest absolute Gasteiger partial charge is 0.465 e. The number of carbonyl (C=O) groups excluding carboxylic acids is 1. The molecule has 3 aromatic rings. The van der Waals surface area contributed by atoms with E-state index in [2.05, 4.69) is 194 Å². The third-order valence-electron chi connectivity index (χ3n) is 22.6. The molecular weight excluding hydrogens is 1110 g/mol. The van der Waals surface area contributed by atoms with Crippen LogP contribution in [-0.4, -0.2) is 104 Å². The average molecular weight is 1220 g/mol. The third-order valence-corrected chi connectivity index (χ3v) is 36.8. The first-order valence-corrected chi connectivity index (χ1v) is 40.6. The van der Waals surface area contributed by atoms with Gasteiger partial charge in [0.15, 0.2) is 34.0 Å². The van der Waals surface area contributed by atoms with Crippen molar-refractivity contribution in [3.8, 4) is 0 Å². The quantitative estimate of drug-likeness (QED) is 0.0650. The number of ether oxygens (including phenoxy) is 7. The molecule has 0 aromatic heterocycles. The Bertz CT molecular complexity index is 2700. The van der Waals surface area contributed by atoms with Crippen LogP contribution in [0.25, 0.3) is 0 Å². The zero-order valence-corrected chi connectivity index (χ0v) is 57.9. The van der Waals surface area contributed by atoms with Crippen LogP contribution in [0.15, 0.2) is 103 Å². The molecule has 3 aromatic carbocycles. The smallest absolute Gasteiger partial charge is 0.312 e. The maximum Gasteiger partial charge on any atom is 0.312 e. The van der Waals surface area contributed by atoms with Gasteiger partial charge in [0.05, 0.1) is 56.3 Å². The fourth-order valence-electron chi connectivity index (χ4n) is 16.1. The number of benzene rings is 3. The summed E-state index contributed by atoms with van der Waals surface area (Å²) in [7, 11) is -7.42. The predicted octanol–water partition coefficient (Wildman–Crippen LogP) is 15.4. The van der Waals surface area contributed by atoms with Gasteiger partial charge in [0.1, 0.15) is 11.7 Å². The Kier molecular flexibility index (Phi) is 19.2. The summed E-state index contributed by atoms with van der Waals surface area (Å²) in [5, 5.41) is 2.25. The van der Waals surface area contributed by atoms with Crippen LogP contribution in [0.5, 0.6) is 0 Å². The summed E-state index contributed by atoms with van der Waals surface area (Å²) >= 11 is 0. The van der Waals surface area contributed by atoms with Crippen molar-refractivity contribution in [2.24, 2.45) is 29.1 Å². The van der Waals surface area contributed by atoms with Gasteiger partial charge in [-0.3, -0.25) is 4.79 Å². The van der Waals surface area contributed by atoms with Gasteiger partial charge in [-0.05, 0) is 132 Å². The Morgan fingerprint density at radius 1 is 0.659 bits per heavy atom. The molecule has 14 heteroatoms. The maximum absolute atomic E-state index is 15.3. The first kappa shape index (κ1) is 65.1. The summed E-state index contributed by atoms with van der Waals surface area (Å²) in [6, 6.07) is 35.3. The molecule has 11 nitrogen and oxygen atoms in total. The van der Waals surface area contributed by atoms with Crippen LogP contribution in [0.4, 0.5) is 0 Å². The second-order valence-electron chi connectivity index (χ2n) is 30.3. The molecule has 0 N–H and O–H groups in total. The van der Waals surface area contributed by atoms with Crippen LogP contribution >= 0.6 is 0 Å². The highest BCUT2D eigenvalue weighted by Crippen LogP contribution is 2.60.